The molecule has 0 bridgehead atoms. The normalized spacial score (nSPS) is 14.2. The van der Waals surface area contributed by atoms with Gasteiger partial charge in [0.15, 0.2) is 5.96 Å². The fraction of sp³-hybridized carbons (Fsp3) is 0.522. The summed E-state index contributed by atoms with van der Waals surface area (Å²) in [6, 6.07) is 10.6. The molecule has 1 aromatic heterocycles. The van der Waals surface area contributed by atoms with Crippen molar-refractivity contribution in [3.05, 3.63) is 47.3 Å². The largest absolute Gasteiger partial charge is 0.357 e. The van der Waals surface area contributed by atoms with Gasteiger partial charge in [0.1, 0.15) is 0 Å². The number of rotatable bonds is 8. The Morgan fingerprint density at radius 1 is 1.19 bits per heavy atom. The van der Waals surface area contributed by atoms with Crippen LogP contribution in [0, 0.1) is 13.8 Å². The number of nitrogens with zero attached hydrogens (tertiary/aromatic N) is 3. The van der Waals surface area contributed by atoms with Crippen LogP contribution in [0.4, 0.5) is 0 Å². The van der Waals surface area contributed by atoms with Crippen LogP contribution in [-0.4, -0.2) is 40.8 Å². The van der Waals surface area contributed by atoms with Gasteiger partial charge in [0.05, 0.1) is 17.9 Å². The standard InChI is InChI=1S/C23H34N6O.HI/c1-4-24-23(25-14-13-22(30)27-20-10-6-7-11-20)26-16-19-9-5-8-12-21(19)29-18(3)15-17(2)28-29;/h5,8-9,12,15,20H,4,6-7,10-11,13-14,16H2,1-3H3,(H,27,30)(H2,24,25,26);1H. The van der Waals surface area contributed by atoms with E-state index in [4.69, 9.17) is 4.99 Å². The minimum atomic E-state index is 0. The molecule has 0 radical (unpaired) electrons. The molecule has 0 unspecified atom stereocenters. The van der Waals surface area contributed by atoms with Gasteiger partial charge in [0, 0.05) is 31.2 Å². The van der Waals surface area contributed by atoms with E-state index in [1.165, 1.54) is 12.8 Å². The molecule has 1 amide bonds. The lowest BCUT2D eigenvalue weighted by molar-refractivity contribution is -0.121. The van der Waals surface area contributed by atoms with Crippen LogP contribution in [-0.2, 0) is 11.3 Å². The van der Waals surface area contributed by atoms with Gasteiger partial charge < -0.3 is 16.0 Å². The van der Waals surface area contributed by atoms with Crippen molar-refractivity contribution in [1.29, 1.82) is 0 Å². The summed E-state index contributed by atoms with van der Waals surface area (Å²) in [5, 5.41) is 14.3. The zero-order valence-corrected chi connectivity index (χ0v) is 21.1. The zero-order valence-electron chi connectivity index (χ0n) is 18.8. The number of para-hydroxylation sites is 1. The van der Waals surface area contributed by atoms with Gasteiger partial charge in [-0.15, -0.1) is 24.0 Å². The third kappa shape index (κ3) is 7.52. The van der Waals surface area contributed by atoms with E-state index in [1.807, 2.05) is 30.7 Å². The van der Waals surface area contributed by atoms with Crippen molar-refractivity contribution in [2.45, 2.75) is 65.5 Å². The number of aryl methyl sites for hydroxylation is 2. The van der Waals surface area contributed by atoms with Gasteiger partial charge in [-0.3, -0.25) is 4.79 Å². The first-order valence-electron chi connectivity index (χ1n) is 11.0. The molecule has 2 aromatic rings. The maximum absolute atomic E-state index is 12.1. The monoisotopic (exact) mass is 538 g/mol. The van der Waals surface area contributed by atoms with Crippen LogP contribution in [0.25, 0.3) is 5.69 Å². The second-order valence-electron chi connectivity index (χ2n) is 7.89. The molecule has 1 saturated carbocycles. The van der Waals surface area contributed by atoms with Crippen molar-refractivity contribution < 1.29 is 4.79 Å². The summed E-state index contributed by atoms with van der Waals surface area (Å²) in [4.78, 5) is 16.9. The average Bonchev–Trinajstić information content (AvgIpc) is 3.35. The fourth-order valence-electron chi connectivity index (χ4n) is 3.89. The molecule has 0 aliphatic heterocycles. The molecule has 1 aliphatic rings. The van der Waals surface area contributed by atoms with E-state index >= 15 is 0 Å². The Morgan fingerprint density at radius 3 is 2.61 bits per heavy atom. The van der Waals surface area contributed by atoms with Crippen LogP contribution in [0.1, 0.15) is 56.0 Å². The number of guanidine groups is 1. The van der Waals surface area contributed by atoms with Gasteiger partial charge >= 0.3 is 0 Å². The van der Waals surface area contributed by atoms with Crippen LogP contribution >= 0.6 is 24.0 Å². The Labute approximate surface area is 202 Å². The Morgan fingerprint density at radius 2 is 1.94 bits per heavy atom. The molecule has 0 saturated heterocycles. The molecular weight excluding hydrogens is 503 g/mol. The highest BCUT2D eigenvalue weighted by atomic mass is 127. The average molecular weight is 538 g/mol. The van der Waals surface area contributed by atoms with Gasteiger partial charge in [-0.1, -0.05) is 31.0 Å². The molecule has 170 valence electrons. The predicted octanol–water partition coefficient (Wildman–Crippen LogP) is 3.61. The Bertz CT molecular complexity index is 873. The summed E-state index contributed by atoms with van der Waals surface area (Å²) in [5.41, 5.74) is 4.23. The number of carbonyl (C=O) groups is 1. The molecule has 3 N–H and O–H groups in total. The lowest BCUT2D eigenvalue weighted by Gasteiger charge is -2.14. The number of amides is 1. The van der Waals surface area contributed by atoms with Gasteiger partial charge in [0.25, 0.3) is 0 Å². The Balaban J connectivity index is 0.00000341. The summed E-state index contributed by atoms with van der Waals surface area (Å²) >= 11 is 0. The molecule has 7 nitrogen and oxygen atoms in total. The van der Waals surface area contributed by atoms with E-state index in [0.29, 0.717) is 31.5 Å². The summed E-state index contributed by atoms with van der Waals surface area (Å²) < 4.78 is 1.97. The molecule has 0 spiro atoms. The SMILES string of the molecule is CCNC(=NCc1ccccc1-n1nc(C)cc1C)NCCC(=O)NC1CCCC1.I. The van der Waals surface area contributed by atoms with Crippen molar-refractivity contribution >= 4 is 35.8 Å². The minimum absolute atomic E-state index is 0. The second kappa shape index (κ2) is 12.7. The van der Waals surface area contributed by atoms with E-state index < -0.39 is 0 Å². The summed E-state index contributed by atoms with van der Waals surface area (Å²) in [6.45, 7) is 7.94. The van der Waals surface area contributed by atoms with Crippen molar-refractivity contribution in [3.8, 4) is 5.69 Å². The van der Waals surface area contributed by atoms with Crippen molar-refractivity contribution in [2.75, 3.05) is 13.1 Å². The van der Waals surface area contributed by atoms with Crippen LogP contribution < -0.4 is 16.0 Å². The fourth-order valence-corrected chi connectivity index (χ4v) is 3.89. The second-order valence-corrected chi connectivity index (χ2v) is 7.89. The predicted molar refractivity (Wildman–Crippen MR) is 136 cm³/mol. The van der Waals surface area contributed by atoms with E-state index in [-0.39, 0.29) is 29.9 Å². The maximum atomic E-state index is 12.1. The lowest BCUT2D eigenvalue weighted by Crippen LogP contribution is -2.40. The molecular formula is C23H35IN6O. The van der Waals surface area contributed by atoms with E-state index in [9.17, 15) is 4.79 Å². The summed E-state index contributed by atoms with van der Waals surface area (Å²) in [6.07, 6.45) is 5.11. The number of hydrogen-bond donors (Lipinski definition) is 3. The first-order chi connectivity index (χ1) is 14.6. The van der Waals surface area contributed by atoms with Crippen LogP contribution in [0.2, 0.25) is 0 Å². The summed E-state index contributed by atoms with van der Waals surface area (Å²) in [7, 11) is 0. The number of benzene rings is 1. The highest BCUT2D eigenvalue weighted by Crippen LogP contribution is 2.18. The molecule has 0 atom stereocenters. The lowest BCUT2D eigenvalue weighted by atomic mass is 10.2. The van der Waals surface area contributed by atoms with Gasteiger partial charge in [-0.05, 0) is 51.3 Å². The van der Waals surface area contributed by atoms with Gasteiger partial charge in [-0.25, -0.2) is 9.67 Å². The van der Waals surface area contributed by atoms with Gasteiger partial charge in [-0.2, -0.15) is 5.10 Å². The highest BCUT2D eigenvalue weighted by molar-refractivity contribution is 14.0. The molecule has 1 heterocycles. The molecule has 1 aliphatic carbocycles. The van der Waals surface area contributed by atoms with Crippen LogP contribution in [0.3, 0.4) is 0 Å². The van der Waals surface area contributed by atoms with Crippen LogP contribution in [0.15, 0.2) is 35.3 Å². The first-order valence-corrected chi connectivity index (χ1v) is 11.0. The number of halogens is 1. The quantitative estimate of drug-likeness (QED) is 0.273. The van der Waals surface area contributed by atoms with E-state index in [0.717, 1.165) is 42.0 Å². The first kappa shape index (κ1) is 25.2. The molecule has 1 fully saturated rings. The third-order valence-electron chi connectivity index (χ3n) is 5.35. The number of aromatic nitrogens is 2. The maximum Gasteiger partial charge on any atom is 0.221 e. The van der Waals surface area contributed by atoms with Crippen molar-refractivity contribution in [3.63, 3.8) is 0 Å². The smallest absolute Gasteiger partial charge is 0.221 e. The number of hydrogen-bond acceptors (Lipinski definition) is 3. The Hall–Kier alpha value is -2.10. The third-order valence-corrected chi connectivity index (χ3v) is 5.35. The number of nitrogens with one attached hydrogen (secondary N) is 3. The summed E-state index contributed by atoms with van der Waals surface area (Å²) in [5.74, 6) is 0.828. The van der Waals surface area contributed by atoms with E-state index in [2.05, 4.69) is 46.2 Å². The topological polar surface area (TPSA) is 83.3 Å². The van der Waals surface area contributed by atoms with Crippen LogP contribution in [0.5, 0.6) is 0 Å². The number of carbonyl (C=O) groups excluding carboxylic acids is 1. The minimum Gasteiger partial charge on any atom is -0.357 e. The van der Waals surface area contributed by atoms with E-state index in [1.54, 1.807) is 0 Å². The number of aliphatic imine (C=N–C) groups is 1. The van der Waals surface area contributed by atoms with Crippen molar-refractivity contribution in [2.24, 2.45) is 4.99 Å². The molecule has 3 rings (SSSR count). The Kier molecular flexibility index (Phi) is 10.3. The molecule has 8 heteroatoms. The zero-order chi connectivity index (χ0) is 21.3. The molecule has 1 aromatic carbocycles. The van der Waals surface area contributed by atoms with Crippen molar-refractivity contribution in [1.82, 2.24) is 25.7 Å². The molecule has 31 heavy (non-hydrogen) atoms. The highest BCUT2D eigenvalue weighted by Gasteiger charge is 2.16. The van der Waals surface area contributed by atoms with Gasteiger partial charge in [0.2, 0.25) is 5.91 Å².